The summed E-state index contributed by atoms with van der Waals surface area (Å²) in [4.78, 5) is 25.9. The monoisotopic (exact) mass is 345 g/mol. The molecule has 0 N–H and O–H groups in total. The van der Waals surface area contributed by atoms with Crippen LogP contribution in [0.25, 0.3) is 11.4 Å². The second-order valence-corrected chi connectivity index (χ2v) is 5.61. The van der Waals surface area contributed by atoms with Gasteiger partial charge in [0.1, 0.15) is 11.4 Å². The number of oxime groups is 1. The zero-order chi connectivity index (χ0) is 17.4. The molecular weight excluding hydrogens is 326 g/mol. The topological polar surface area (TPSA) is 73.7 Å². The summed E-state index contributed by atoms with van der Waals surface area (Å²) >= 11 is 1.48. The molecule has 0 saturated carbocycles. The van der Waals surface area contributed by atoms with Gasteiger partial charge in [0.15, 0.2) is 0 Å². The summed E-state index contributed by atoms with van der Waals surface area (Å²) in [7, 11) is 1.60. The van der Waals surface area contributed by atoms with Crippen molar-refractivity contribution in [2.24, 2.45) is 5.16 Å². The number of hydrogen-bond acceptors (Lipinski definition) is 7. The molecule has 7 heteroatoms. The predicted molar refractivity (Wildman–Crippen MR) is 94.4 cm³/mol. The van der Waals surface area contributed by atoms with Gasteiger partial charge in [0.2, 0.25) is 0 Å². The smallest absolute Gasteiger partial charge is 0.335 e. The molecule has 0 amide bonds. The van der Waals surface area contributed by atoms with Crippen molar-refractivity contribution >= 4 is 23.9 Å². The number of pyridine rings is 2. The Hall–Kier alpha value is -2.41. The molecule has 0 saturated heterocycles. The molecule has 0 spiro atoms. The highest BCUT2D eigenvalue weighted by atomic mass is 32.2. The Morgan fingerprint density at radius 3 is 2.83 bits per heavy atom. The second kappa shape index (κ2) is 9.02. The normalized spacial score (nSPS) is 10.8. The van der Waals surface area contributed by atoms with Crippen LogP contribution in [0.4, 0.5) is 0 Å². The average molecular weight is 345 g/mol. The highest BCUT2D eigenvalue weighted by Gasteiger charge is 2.13. The third-order valence-electron chi connectivity index (χ3n) is 3.10. The minimum Gasteiger partial charge on any atom is -0.495 e. The van der Waals surface area contributed by atoms with Gasteiger partial charge in [-0.25, -0.2) is 9.78 Å². The zero-order valence-electron chi connectivity index (χ0n) is 13.9. The number of ether oxygens (including phenoxy) is 1. The Morgan fingerprint density at radius 1 is 1.38 bits per heavy atom. The fraction of sp³-hybridized carbons (Fsp3) is 0.294. The van der Waals surface area contributed by atoms with Crippen LogP contribution in [0, 0.1) is 0 Å². The highest BCUT2D eigenvalue weighted by molar-refractivity contribution is 7.98. The molecule has 0 aliphatic rings. The number of nitrogens with zero attached hydrogens (tertiary/aromatic N) is 3. The molecule has 0 aromatic carbocycles. The van der Waals surface area contributed by atoms with Crippen LogP contribution in [0.15, 0.2) is 40.5 Å². The molecule has 0 aliphatic heterocycles. The fourth-order valence-electron chi connectivity index (χ4n) is 2.00. The van der Waals surface area contributed by atoms with Gasteiger partial charge in [-0.3, -0.25) is 4.98 Å². The van der Waals surface area contributed by atoms with Crippen LogP contribution in [0.1, 0.15) is 25.5 Å². The van der Waals surface area contributed by atoms with Crippen LogP contribution in [0.5, 0.6) is 5.75 Å². The Kier molecular flexibility index (Phi) is 6.74. The first kappa shape index (κ1) is 17.9. The molecule has 0 fully saturated rings. The van der Waals surface area contributed by atoms with Gasteiger partial charge >= 0.3 is 5.97 Å². The van der Waals surface area contributed by atoms with Gasteiger partial charge in [0, 0.05) is 18.7 Å². The van der Waals surface area contributed by atoms with E-state index < -0.39 is 0 Å². The van der Waals surface area contributed by atoms with Crippen LogP contribution in [0.3, 0.4) is 0 Å². The molecule has 0 radical (unpaired) electrons. The standard InChI is InChI=1S/C17H19N3O3S/c1-4-7-16(21)23-19-11-14-17(24-3)15(22-2)10-13(20-14)12-8-5-6-9-18-12/h5-6,8-11H,4,7H2,1-3H3/b19-11+. The highest BCUT2D eigenvalue weighted by Crippen LogP contribution is 2.32. The summed E-state index contributed by atoms with van der Waals surface area (Å²) in [5.74, 6) is 0.298. The van der Waals surface area contributed by atoms with Crippen molar-refractivity contribution in [1.29, 1.82) is 0 Å². The number of rotatable bonds is 7. The van der Waals surface area contributed by atoms with E-state index in [1.165, 1.54) is 18.0 Å². The van der Waals surface area contributed by atoms with Crippen molar-refractivity contribution in [2.45, 2.75) is 24.7 Å². The quantitative estimate of drug-likeness (QED) is 0.331. The summed E-state index contributed by atoms with van der Waals surface area (Å²) in [6.45, 7) is 1.90. The number of thioether (sulfide) groups is 1. The lowest BCUT2D eigenvalue weighted by Gasteiger charge is -2.11. The molecule has 2 aromatic heterocycles. The lowest BCUT2D eigenvalue weighted by atomic mass is 10.2. The van der Waals surface area contributed by atoms with Crippen molar-refractivity contribution in [3.05, 3.63) is 36.2 Å². The van der Waals surface area contributed by atoms with Crippen LogP contribution in [-0.4, -0.2) is 35.5 Å². The molecular formula is C17H19N3O3S. The van der Waals surface area contributed by atoms with Crippen LogP contribution in [0.2, 0.25) is 0 Å². The summed E-state index contributed by atoms with van der Waals surface area (Å²) in [6.07, 6.45) is 6.09. The van der Waals surface area contributed by atoms with Crippen LogP contribution >= 0.6 is 11.8 Å². The molecule has 24 heavy (non-hydrogen) atoms. The van der Waals surface area contributed by atoms with E-state index in [0.29, 0.717) is 30.0 Å². The fourth-order valence-corrected chi connectivity index (χ4v) is 2.65. The van der Waals surface area contributed by atoms with E-state index in [0.717, 1.165) is 10.6 Å². The first-order chi connectivity index (χ1) is 11.7. The van der Waals surface area contributed by atoms with Crippen molar-refractivity contribution < 1.29 is 14.4 Å². The van der Waals surface area contributed by atoms with Gasteiger partial charge in [0.25, 0.3) is 0 Å². The van der Waals surface area contributed by atoms with E-state index >= 15 is 0 Å². The first-order valence-electron chi connectivity index (χ1n) is 7.47. The Bertz CT molecular complexity index is 721. The summed E-state index contributed by atoms with van der Waals surface area (Å²) in [5, 5.41) is 3.75. The average Bonchev–Trinajstić information content (AvgIpc) is 2.62. The van der Waals surface area contributed by atoms with Gasteiger partial charge < -0.3 is 9.57 Å². The molecule has 6 nitrogen and oxygen atoms in total. The lowest BCUT2D eigenvalue weighted by Crippen LogP contribution is -2.02. The van der Waals surface area contributed by atoms with Crippen molar-refractivity contribution in [3.8, 4) is 17.1 Å². The van der Waals surface area contributed by atoms with Crippen molar-refractivity contribution in [1.82, 2.24) is 9.97 Å². The van der Waals surface area contributed by atoms with Crippen molar-refractivity contribution in [2.75, 3.05) is 13.4 Å². The van der Waals surface area contributed by atoms with E-state index in [1.807, 2.05) is 37.4 Å². The number of aromatic nitrogens is 2. The Morgan fingerprint density at radius 2 is 2.21 bits per heavy atom. The maximum atomic E-state index is 11.4. The minimum absolute atomic E-state index is 0.331. The van der Waals surface area contributed by atoms with Gasteiger partial charge in [-0.2, -0.15) is 0 Å². The van der Waals surface area contributed by atoms with Gasteiger partial charge in [-0.15, -0.1) is 11.8 Å². The Balaban J connectivity index is 2.37. The summed E-state index contributed by atoms with van der Waals surface area (Å²) in [6, 6.07) is 7.42. The number of carbonyl (C=O) groups excluding carboxylic acids is 1. The first-order valence-corrected chi connectivity index (χ1v) is 8.69. The zero-order valence-corrected chi connectivity index (χ0v) is 14.7. The number of hydrogen-bond donors (Lipinski definition) is 0. The van der Waals surface area contributed by atoms with Crippen LogP contribution < -0.4 is 4.74 Å². The predicted octanol–water partition coefficient (Wildman–Crippen LogP) is 3.55. The van der Waals surface area contributed by atoms with Gasteiger partial charge in [-0.05, 0) is 24.8 Å². The molecule has 2 aromatic rings. The molecule has 0 aliphatic carbocycles. The SMILES string of the molecule is CCCC(=O)O/N=C/c1nc(-c2ccccn2)cc(OC)c1SC. The lowest BCUT2D eigenvalue weighted by molar-refractivity contribution is -0.143. The number of methoxy groups -OCH3 is 1. The maximum Gasteiger partial charge on any atom is 0.335 e. The van der Waals surface area contributed by atoms with Crippen LogP contribution in [-0.2, 0) is 9.63 Å². The second-order valence-electron chi connectivity index (χ2n) is 4.79. The third kappa shape index (κ3) is 4.55. The molecule has 0 atom stereocenters. The minimum atomic E-state index is -0.368. The number of carbonyl (C=O) groups is 1. The van der Waals surface area contributed by atoms with E-state index in [2.05, 4.69) is 15.1 Å². The maximum absolute atomic E-state index is 11.4. The molecule has 126 valence electrons. The van der Waals surface area contributed by atoms with E-state index in [4.69, 9.17) is 9.57 Å². The third-order valence-corrected chi connectivity index (χ3v) is 3.92. The molecule has 0 bridgehead atoms. The largest absolute Gasteiger partial charge is 0.495 e. The summed E-state index contributed by atoms with van der Waals surface area (Å²) in [5.41, 5.74) is 1.94. The van der Waals surface area contributed by atoms with E-state index in [-0.39, 0.29) is 5.97 Å². The summed E-state index contributed by atoms with van der Waals surface area (Å²) < 4.78 is 5.45. The van der Waals surface area contributed by atoms with Gasteiger partial charge in [-0.1, -0.05) is 18.1 Å². The molecule has 0 unspecified atom stereocenters. The van der Waals surface area contributed by atoms with E-state index in [1.54, 1.807) is 13.3 Å². The Labute approximate surface area is 145 Å². The van der Waals surface area contributed by atoms with Crippen molar-refractivity contribution in [3.63, 3.8) is 0 Å². The molecule has 2 heterocycles. The van der Waals surface area contributed by atoms with E-state index in [9.17, 15) is 4.79 Å². The molecule has 2 rings (SSSR count). The van der Waals surface area contributed by atoms with Gasteiger partial charge in [0.05, 0.1) is 29.6 Å².